The third-order valence-electron chi connectivity index (χ3n) is 11.7. The molecule has 3 atom stereocenters. The maximum atomic E-state index is 12.9. The molecule has 0 heterocycles. The largest absolute Gasteiger partial charge is 0.756 e. The highest BCUT2D eigenvalue weighted by Gasteiger charge is 2.24. The van der Waals surface area contributed by atoms with Gasteiger partial charge in [-0.2, -0.15) is 0 Å². The van der Waals surface area contributed by atoms with E-state index in [4.69, 9.17) is 9.05 Å². The molecule has 8 nitrogen and oxygen atoms in total. The summed E-state index contributed by atoms with van der Waals surface area (Å²) in [5, 5.41) is 13.9. The van der Waals surface area contributed by atoms with Crippen molar-refractivity contribution in [1.29, 1.82) is 0 Å². The second-order valence-corrected chi connectivity index (χ2v) is 20.6. The standard InChI is InChI=1S/C56H103N2O6P/c1-6-8-10-12-14-16-18-19-20-21-22-23-24-25-26-27-28-29-30-31-32-33-34-35-36-37-38-39-40-42-44-46-48-50-56(60)57-54(53-64-65(61,62)63-52-51-58(3,4)5)55(59)49-47-45-43-41-17-15-13-11-9-7-2/h8,10,14,16,19-20,22-23,25-26,28-29,54-55,59H,6-7,9,11-13,15,17-18,21,24,27,30-53H2,1-5H3,(H-,57,60,61,62)/b10-8-,16-14-,20-19-,23-22-,26-25-,29-28-. The van der Waals surface area contributed by atoms with E-state index in [0.717, 1.165) is 77.0 Å². The van der Waals surface area contributed by atoms with E-state index in [1.807, 2.05) is 21.1 Å². The lowest BCUT2D eigenvalue weighted by molar-refractivity contribution is -0.870. The van der Waals surface area contributed by atoms with E-state index >= 15 is 0 Å². The van der Waals surface area contributed by atoms with E-state index in [2.05, 4.69) is 92.1 Å². The highest BCUT2D eigenvalue weighted by atomic mass is 31.2. The zero-order valence-corrected chi connectivity index (χ0v) is 43.8. The summed E-state index contributed by atoms with van der Waals surface area (Å²) >= 11 is 0. The zero-order valence-electron chi connectivity index (χ0n) is 42.9. The number of hydrogen-bond acceptors (Lipinski definition) is 6. The van der Waals surface area contributed by atoms with Gasteiger partial charge in [0.05, 0.1) is 39.9 Å². The van der Waals surface area contributed by atoms with E-state index in [0.29, 0.717) is 23.9 Å². The Bertz CT molecular complexity index is 1290. The number of allylic oxidation sites excluding steroid dienone is 12. The fraction of sp³-hybridized carbons (Fsp3) is 0.768. The van der Waals surface area contributed by atoms with Crippen molar-refractivity contribution in [1.82, 2.24) is 5.32 Å². The molecule has 0 saturated heterocycles. The van der Waals surface area contributed by atoms with Crippen molar-refractivity contribution in [3.05, 3.63) is 72.9 Å². The smallest absolute Gasteiger partial charge is 0.268 e. The van der Waals surface area contributed by atoms with Gasteiger partial charge < -0.3 is 28.8 Å². The first kappa shape index (κ1) is 62.9. The summed E-state index contributed by atoms with van der Waals surface area (Å²) in [6.45, 7) is 4.58. The summed E-state index contributed by atoms with van der Waals surface area (Å²) in [4.78, 5) is 25.4. The van der Waals surface area contributed by atoms with Gasteiger partial charge in [-0.15, -0.1) is 0 Å². The molecule has 65 heavy (non-hydrogen) atoms. The first-order chi connectivity index (χ1) is 31.5. The Balaban J connectivity index is 4.01. The van der Waals surface area contributed by atoms with E-state index < -0.39 is 20.0 Å². The second-order valence-electron chi connectivity index (χ2n) is 19.2. The molecular weight excluding hydrogens is 828 g/mol. The Morgan fingerprint density at radius 3 is 1.37 bits per heavy atom. The lowest BCUT2D eigenvalue weighted by Gasteiger charge is -2.30. The monoisotopic (exact) mass is 931 g/mol. The number of carbonyl (C=O) groups excluding carboxylic acids is 1. The van der Waals surface area contributed by atoms with Crippen molar-refractivity contribution in [2.24, 2.45) is 0 Å². The van der Waals surface area contributed by atoms with Gasteiger partial charge in [-0.25, -0.2) is 0 Å². The van der Waals surface area contributed by atoms with E-state index in [1.54, 1.807) is 0 Å². The summed E-state index contributed by atoms with van der Waals surface area (Å²) in [6.07, 6.45) is 63.7. The summed E-state index contributed by atoms with van der Waals surface area (Å²) < 4.78 is 23.3. The maximum Gasteiger partial charge on any atom is 0.268 e. The Morgan fingerprint density at radius 2 is 0.938 bits per heavy atom. The van der Waals surface area contributed by atoms with Crippen molar-refractivity contribution in [3.8, 4) is 0 Å². The molecule has 378 valence electrons. The van der Waals surface area contributed by atoms with E-state index in [1.165, 1.54) is 122 Å². The molecule has 0 aromatic heterocycles. The van der Waals surface area contributed by atoms with Crippen molar-refractivity contribution in [3.63, 3.8) is 0 Å². The Labute approximate surface area is 402 Å². The molecule has 0 aliphatic rings. The summed E-state index contributed by atoms with van der Waals surface area (Å²) in [6, 6.07) is -0.802. The average molecular weight is 931 g/mol. The minimum absolute atomic E-state index is 0.0101. The van der Waals surface area contributed by atoms with Crippen LogP contribution >= 0.6 is 7.82 Å². The van der Waals surface area contributed by atoms with Crippen LogP contribution in [-0.2, 0) is 18.4 Å². The predicted molar refractivity (Wildman–Crippen MR) is 279 cm³/mol. The number of phosphoric ester groups is 1. The summed E-state index contributed by atoms with van der Waals surface area (Å²) in [5.41, 5.74) is 0. The molecule has 1 amide bonds. The molecule has 0 radical (unpaired) electrons. The molecule has 0 saturated carbocycles. The summed E-state index contributed by atoms with van der Waals surface area (Å²) in [5.74, 6) is -0.169. The Kier molecular flexibility index (Phi) is 45.5. The van der Waals surface area contributed by atoms with Gasteiger partial charge in [0.2, 0.25) is 5.91 Å². The number of unbranched alkanes of at least 4 members (excludes halogenated alkanes) is 23. The van der Waals surface area contributed by atoms with Crippen molar-refractivity contribution >= 4 is 13.7 Å². The van der Waals surface area contributed by atoms with Crippen molar-refractivity contribution in [2.45, 2.75) is 238 Å². The molecule has 0 aliphatic heterocycles. The number of aliphatic hydroxyl groups excluding tert-OH is 1. The number of aliphatic hydroxyl groups is 1. The van der Waals surface area contributed by atoms with Gasteiger partial charge >= 0.3 is 0 Å². The summed E-state index contributed by atoms with van der Waals surface area (Å²) in [7, 11) is 1.30. The normalized spacial score (nSPS) is 14.6. The number of carbonyl (C=O) groups is 1. The molecule has 0 aromatic rings. The molecule has 0 bridgehead atoms. The van der Waals surface area contributed by atoms with Gasteiger partial charge in [0.15, 0.2) is 0 Å². The molecule has 0 aliphatic carbocycles. The van der Waals surface area contributed by atoms with E-state index in [-0.39, 0.29) is 19.1 Å². The van der Waals surface area contributed by atoms with Crippen LogP contribution in [0.5, 0.6) is 0 Å². The lowest BCUT2D eigenvalue weighted by atomic mass is 10.0. The van der Waals surface area contributed by atoms with Crippen LogP contribution < -0.4 is 10.2 Å². The number of rotatable bonds is 48. The number of phosphoric acid groups is 1. The molecule has 9 heteroatoms. The van der Waals surface area contributed by atoms with Crippen LogP contribution in [0, 0.1) is 0 Å². The number of hydrogen-bond donors (Lipinski definition) is 2. The molecular formula is C56H103N2O6P. The van der Waals surface area contributed by atoms with Gasteiger partial charge in [-0.05, 0) is 64.2 Å². The third kappa shape index (κ3) is 49.7. The predicted octanol–water partition coefficient (Wildman–Crippen LogP) is 15.3. The van der Waals surface area contributed by atoms with E-state index in [9.17, 15) is 19.4 Å². The van der Waals surface area contributed by atoms with Gasteiger partial charge in [-0.3, -0.25) is 9.36 Å². The van der Waals surface area contributed by atoms with Crippen LogP contribution in [-0.4, -0.2) is 68.5 Å². The second kappa shape index (κ2) is 47.0. The lowest BCUT2D eigenvalue weighted by Crippen LogP contribution is -2.46. The molecule has 0 spiro atoms. The van der Waals surface area contributed by atoms with Crippen molar-refractivity contribution in [2.75, 3.05) is 40.9 Å². The van der Waals surface area contributed by atoms with Gasteiger partial charge in [0, 0.05) is 6.42 Å². The first-order valence-electron chi connectivity index (χ1n) is 26.8. The Morgan fingerprint density at radius 1 is 0.554 bits per heavy atom. The maximum absolute atomic E-state index is 12.9. The molecule has 0 rings (SSSR count). The minimum Gasteiger partial charge on any atom is -0.756 e. The fourth-order valence-corrected chi connectivity index (χ4v) is 8.24. The number of likely N-dealkylation sites (N-methyl/N-ethyl adjacent to an activating group) is 1. The third-order valence-corrected chi connectivity index (χ3v) is 12.7. The fourth-order valence-electron chi connectivity index (χ4n) is 7.51. The quantitative estimate of drug-likeness (QED) is 0.0272. The SMILES string of the molecule is CC/C=C\C/C=C\C/C=C\C/C=C\C/C=C\C/C=C\CCCCCCCCCCCCCCCCC(=O)NC(COP(=O)([O-])OCC[N+](C)(C)C)C(O)CCCCCCCCCCCC. The number of amides is 1. The molecule has 0 fully saturated rings. The zero-order chi connectivity index (χ0) is 47.8. The number of nitrogens with one attached hydrogen (secondary N) is 1. The number of nitrogens with zero attached hydrogens (tertiary/aromatic N) is 1. The number of quaternary nitrogens is 1. The molecule has 2 N–H and O–H groups in total. The van der Waals surface area contributed by atoms with Crippen LogP contribution in [0.2, 0.25) is 0 Å². The molecule has 3 unspecified atom stereocenters. The van der Waals surface area contributed by atoms with Crippen LogP contribution in [0.15, 0.2) is 72.9 Å². The molecule has 0 aromatic carbocycles. The van der Waals surface area contributed by atoms with Crippen LogP contribution in [0.3, 0.4) is 0 Å². The van der Waals surface area contributed by atoms with Crippen LogP contribution in [0.1, 0.15) is 226 Å². The van der Waals surface area contributed by atoms with Crippen LogP contribution in [0.25, 0.3) is 0 Å². The first-order valence-corrected chi connectivity index (χ1v) is 28.2. The highest BCUT2D eigenvalue weighted by Crippen LogP contribution is 2.38. The van der Waals surface area contributed by atoms with Gasteiger partial charge in [0.25, 0.3) is 7.82 Å². The highest BCUT2D eigenvalue weighted by molar-refractivity contribution is 7.45. The average Bonchev–Trinajstić information content (AvgIpc) is 3.26. The topological polar surface area (TPSA) is 108 Å². The van der Waals surface area contributed by atoms with Crippen molar-refractivity contribution < 1.29 is 32.9 Å². The van der Waals surface area contributed by atoms with Crippen LogP contribution in [0.4, 0.5) is 0 Å². The Hall–Kier alpha value is -2.06. The minimum atomic E-state index is -4.57. The van der Waals surface area contributed by atoms with Gasteiger partial charge in [0.1, 0.15) is 13.2 Å². The van der Waals surface area contributed by atoms with Gasteiger partial charge in [-0.1, -0.05) is 228 Å².